The Morgan fingerprint density at radius 3 is 2.38 bits per heavy atom. The molecule has 0 aromatic carbocycles. The molecule has 3 rings (SSSR count). The molecule has 0 unspecified atom stereocenters. The molecule has 0 saturated carbocycles. The van der Waals surface area contributed by atoms with Crippen LogP contribution in [-0.4, -0.2) is 78.1 Å². The first kappa shape index (κ1) is 23.8. The van der Waals surface area contributed by atoms with Crippen LogP contribution in [0.2, 0.25) is 18.1 Å². The minimum absolute atomic E-state index is 0.00904. The van der Waals surface area contributed by atoms with Crippen LogP contribution in [-0.2, 0) is 32.9 Å². The molecule has 0 radical (unpaired) electrons. The van der Waals surface area contributed by atoms with E-state index in [0.717, 1.165) is 12.7 Å². The molecular weight excluding hydrogens is 484 g/mol. The van der Waals surface area contributed by atoms with E-state index < -0.39 is 42.0 Å². The molecule has 1 aliphatic carbocycles. The number of halogens is 1. The van der Waals surface area contributed by atoms with E-state index >= 15 is 0 Å². The van der Waals surface area contributed by atoms with Gasteiger partial charge in [-0.1, -0.05) is 20.8 Å². The summed E-state index contributed by atoms with van der Waals surface area (Å²) < 4.78 is 52.9. The highest BCUT2D eigenvalue weighted by Crippen LogP contribution is 2.59. The van der Waals surface area contributed by atoms with Gasteiger partial charge in [-0.15, -0.1) is 0 Å². The Labute approximate surface area is 182 Å². The second-order valence-corrected chi connectivity index (χ2v) is 16.7. The molecule has 8 nitrogen and oxygen atoms in total. The van der Waals surface area contributed by atoms with Gasteiger partial charge in [0.05, 0.1) is 30.6 Å². The lowest BCUT2D eigenvalue weighted by Crippen LogP contribution is -2.57. The largest absolute Gasteiger partial charge is 0.413 e. The number of fused-ring (bicyclic) bond motifs is 2. The summed E-state index contributed by atoms with van der Waals surface area (Å²) in [5.41, 5.74) is -0.730. The fourth-order valence-corrected chi connectivity index (χ4v) is 5.49. The number of hydrogen-bond acceptors (Lipinski definition) is 8. The standard InChI is InChI=1S/C18H31BrO8SSi/c1-16(2,3)29(5,6)26-10-12-13(19)18(23-8-7-9-24-18)15-17(27-15,14(12)20)11-25-28(4,21)22/h14-15,20H,7-11H2,1-6H3/t14-,15-,17-/m1/s1. The number of hydrogen-bond donors (Lipinski definition) is 1. The zero-order chi connectivity index (χ0) is 21.9. The van der Waals surface area contributed by atoms with E-state index in [0.29, 0.717) is 23.3 Å². The third-order valence-corrected chi connectivity index (χ3v) is 12.4. The van der Waals surface area contributed by atoms with Crippen LogP contribution >= 0.6 is 15.9 Å². The Morgan fingerprint density at radius 1 is 1.28 bits per heavy atom. The van der Waals surface area contributed by atoms with Gasteiger partial charge in [-0.2, -0.15) is 8.42 Å². The molecule has 3 aliphatic rings. The summed E-state index contributed by atoms with van der Waals surface area (Å²) in [5.74, 6) is -1.23. The van der Waals surface area contributed by atoms with E-state index in [2.05, 4.69) is 49.8 Å². The van der Waals surface area contributed by atoms with Crippen LogP contribution in [0.1, 0.15) is 27.2 Å². The van der Waals surface area contributed by atoms with E-state index in [1.807, 2.05) is 0 Å². The van der Waals surface area contributed by atoms with Gasteiger partial charge in [0.25, 0.3) is 10.1 Å². The van der Waals surface area contributed by atoms with Crippen molar-refractivity contribution in [3.63, 3.8) is 0 Å². The Bertz CT molecular complexity index is 784. The summed E-state index contributed by atoms with van der Waals surface area (Å²) in [4.78, 5) is 0. The van der Waals surface area contributed by atoms with Gasteiger partial charge in [-0.25, -0.2) is 0 Å². The molecule has 2 fully saturated rings. The summed E-state index contributed by atoms with van der Waals surface area (Å²) in [6, 6.07) is 0. The first-order valence-electron chi connectivity index (χ1n) is 9.67. The van der Waals surface area contributed by atoms with Crippen molar-refractivity contribution >= 4 is 34.4 Å². The van der Waals surface area contributed by atoms with Gasteiger partial charge < -0.3 is 23.7 Å². The Morgan fingerprint density at radius 2 is 1.86 bits per heavy atom. The monoisotopic (exact) mass is 514 g/mol. The zero-order valence-electron chi connectivity index (χ0n) is 17.8. The third-order valence-electron chi connectivity index (χ3n) is 6.26. The maximum atomic E-state index is 11.6. The van der Waals surface area contributed by atoms with Crippen LogP contribution in [0.15, 0.2) is 10.1 Å². The molecule has 0 aromatic heterocycles. The molecular formula is C18H31BrO8SSi. The second kappa shape index (κ2) is 7.63. The van der Waals surface area contributed by atoms with E-state index in [1.165, 1.54) is 0 Å². The van der Waals surface area contributed by atoms with Crippen molar-refractivity contribution in [1.82, 2.24) is 0 Å². The van der Waals surface area contributed by atoms with Gasteiger partial charge in [0.2, 0.25) is 5.79 Å². The quantitative estimate of drug-likeness (QED) is 0.327. The second-order valence-electron chi connectivity index (χ2n) is 9.43. The van der Waals surface area contributed by atoms with Crippen molar-refractivity contribution in [3.8, 4) is 0 Å². The Kier molecular flexibility index (Phi) is 6.26. The SMILES string of the molecule is CC(C)(C)[Si](C)(C)OCC1=C(Br)C2(OCCCO2)[C@@H]2O[C@]2(COS(C)(=O)=O)[C@@H]1O. The van der Waals surface area contributed by atoms with Crippen molar-refractivity contribution in [3.05, 3.63) is 10.1 Å². The fraction of sp³-hybridized carbons (Fsp3) is 0.889. The molecule has 1 spiro atoms. The normalized spacial score (nSPS) is 32.4. The number of rotatable bonds is 6. The highest BCUT2D eigenvalue weighted by atomic mass is 79.9. The summed E-state index contributed by atoms with van der Waals surface area (Å²) in [7, 11) is -5.82. The van der Waals surface area contributed by atoms with Gasteiger partial charge in [-0.3, -0.25) is 4.18 Å². The number of ether oxygens (including phenoxy) is 3. The predicted octanol–water partition coefficient (Wildman–Crippen LogP) is 2.28. The van der Waals surface area contributed by atoms with Gasteiger partial charge >= 0.3 is 0 Å². The number of epoxide rings is 1. The maximum Gasteiger partial charge on any atom is 0.264 e. The zero-order valence-corrected chi connectivity index (χ0v) is 21.2. The van der Waals surface area contributed by atoms with Crippen LogP contribution in [0.25, 0.3) is 0 Å². The van der Waals surface area contributed by atoms with Gasteiger partial charge in [0.1, 0.15) is 12.7 Å². The highest BCUT2D eigenvalue weighted by Gasteiger charge is 2.76. The molecule has 11 heteroatoms. The average molecular weight is 515 g/mol. The predicted molar refractivity (Wildman–Crippen MR) is 113 cm³/mol. The molecule has 168 valence electrons. The average Bonchev–Trinajstić information content (AvgIpc) is 3.35. The molecule has 0 amide bonds. The summed E-state index contributed by atoms with van der Waals surface area (Å²) in [6.45, 7) is 11.4. The van der Waals surface area contributed by atoms with Crippen molar-refractivity contribution in [1.29, 1.82) is 0 Å². The minimum atomic E-state index is -3.71. The lowest BCUT2D eigenvalue weighted by Gasteiger charge is -2.43. The molecule has 2 saturated heterocycles. The van der Waals surface area contributed by atoms with Gasteiger partial charge in [0, 0.05) is 5.57 Å². The summed E-state index contributed by atoms with van der Waals surface area (Å²) >= 11 is 3.58. The molecule has 1 N–H and O–H groups in total. The Balaban J connectivity index is 1.93. The van der Waals surface area contributed by atoms with E-state index in [1.54, 1.807) is 0 Å². The smallest absolute Gasteiger partial charge is 0.264 e. The molecule has 2 heterocycles. The maximum absolute atomic E-state index is 11.6. The highest BCUT2D eigenvalue weighted by molar-refractivity contribution is 9.11. The number of aliphatic hydroxyl groups excluding tert-OH is 1. The number of aliphatic hydroxyl groups is 1. The molecule has 2 aliphatic heterocycles. The third kappa shape index (κ3) is 4.27. The lowest BCUT2D eigenvalue weighted by atomic mass is 9.82. The van der Waals surface area contributed by atoms with E-state index in [-0.39, 0.29) is 18.3 Å². The van der Waals surface area contributed by atoms with E-state index in [4.69, 9.17) is 22.8 Å². The van der Waals surface area contributed by atoms with Crippen LogP contribution in [0.3, 0.4) is 0 Å². The van der Waals surface area contributed by atoms with Crippen LogP contribution in [0, 0.1) is 0 Å². The van der Waals surface area contributed by atoms with Gasteiger partial charge in [-0.05, 0) is 40.5 Å². The van der Waals surface area contributed by atoms with Crippen LogP contribution in [0.4, 0.5) is 0 Å². The molecule has 3 atom stereocenters. The van der Waals surface area contributed by atoms with Crippen molar-refractivity contribution < 1.29 is 36.3 Å². The first-order valence-corrected chi connectivity index (χ1v) is 15.2. The van der Waals surface area contributed by atoms with Gasteiger partial charge in [0.15, 0.2) is 20.0 Å². The van der Waals surface area contributed by atoms with Crippen LogP contribution < -0.4 is 0 Å². The van der Waals surface area contributed by atoms with E-state index in [9.17, 15) is 13.5 Å². The molecule has 0 aromatic rings. The lowest BCUT2D eigenvalue weighted by molar-refractivity contribution is -0.250. The van der Waals surface area contributed by atoms with Crippen molar-refractivity contribution in [2.45, 2.75) is 68.9 Å². The minimum Gasteiger partial charge on any atom is -0.413 e. The molecule has 0 bridgehead atoms. The Hall–Kier alpha value is 0.147. The first-order chi connectivity index (χ1) is 13.2. The summed E-state index contributed by atoms with van der Waals surface area (Å²) in [5, 5.41) is 11.1. The van der Waals surface area contributed by atoms with Crippen molar-refractivity contribution in [2.24, 2.45) is 0 Å². The molecule has 29 heavy (non-hydrogen) atoms. The fourth-order valence-electron chi connectivity index (χ4n) is 3.38. The van der Waals surface area contributed by atoms with Crippen molar-refractivity contribution in [2.75, 3.05) is 32.7 Å². The summed E-state index contributed by atoms with van der Waals surface area (Å²) in [6.07, 6.45) is -0.0986. The topological polar surface area (TPSA) is 104 Å². The van der Waals surface area contributed by atoms with Crippen LogP contribution in [0.5, 0.6) is 0 Å².